The Balaban J connectivity index is 1.95. The average molecular weight is 448 g/mol. The van der Waals surface area contributed by atoms with Crippen molar-refractivity contribution in [3.63, 3.8) is 0 Å². The van der Waals surface area contributed by atoms with Crippen LogP contribution in [0.15, 0.2) is 36.4 Å². The van der Waals surface area contributed by atoms with E-state index in [1.165, 1.54) is 6.42 Å². The number of piperidine rings is 1. The summed E-state index contributed by atoms with van der Waals surface area (Å²) in [6, 6.07) is 5.20. The van der Waals surface area contributed by atoms with Crippen molar-refractivity contribution in [1.29, 1.82) is 0 Å². The summed E-state index contributed by atoms with van der Waals surface area (Å²) in [6.45, 7) is 6.47. The molecule has 1 saturated heterocycles. The van der Waals surface area contributed by atoms with Gasteiger partial charge in [0.25, 0.3) is 0 Å². The fraction of sp³-hybridized carbons (Fsp3) is 0.577. The Labute approximate surface area is 188 Å². The zero-order valence-corrected chi connectivity index (χ0v) is 18.6. The molecule has 2 aliphatic rings. The number of benzene rings is 1. The van der Waals surface area contributed by atoms with E-state index in [1.807, 2.05) is 6.92 Å². The standard InChI is InChI=1S/C26H32F3NO2/c1-18(2)8-13-23(20-6-4-3-5-7-20)30-15-14-19(17-25(31)32)16-24(30)21-9-11-22(12-10-21)26(27,28)29/h9-12,19-20,23-24H,1,3-7,14-17H2,2H3,(H,31,32)/t19-,23-,24+/m0/s1. The molecule has 0 radical (unpaired) electrons. The summed E-state index contributed by atoms with van der Waals surface area (Å²) in [4.78, 5) is 13.7. The zero-order valence-electron chi connectivity index (χ0n) is 18.6. The SMILES string of the molecule is C=C(C)C#C[C@@H](C1CCCCC1)N1CC[C@H](CC(=O)O)C[C@@H]1c1ccc(C(F)(F)F)cc1. The quantitative estimate of drug-likeness (QED) is 0.527. The van der Waals surface area contributed by atoms with E-state index in [0.717, 1.165) is 55.4 Å². The molecule has 1 aromatic carbocycles. The summed E-state index contributed by atoms with van der Waals surface area (Å²) in [5, 5.41) is 9.30. The number of hydrogen-bond acceptors (Lipinski definition) is 2. The number of carboxylic acid groups (broad SMARTS) is 1. The molecule has 3 rings (SSSR count). The van der Waals surface area contributed by atoms with Crippen LogP contribution in [-0.2, 0) is 11.0 Å². The van der Waals surface area contributed by atoms with E-state index in [9.17, 15) is 23.1 Å². The van der Waals surface area contributed by atoms with Crippen LogP contribution in [0.2, 0.25) is 0 Å². The maximum atomic E-state index is 13.1. The first-order valence-electron chi connectivity index (χ1n) is 11.5. The average Bonchev–Trinajstić information content (AvgIpc) is 2.74. The van der Waals surface area contributed by atoms with Crippen LogP contribution in [0.4, 0.5) is 13.2 Å². The predicted molar refractivity (Wildman–Crippen MR) is 119 cm³/mol. The van der Waals surface area contributed by atoms with Crippen LogP contribution in [0.1, 0.15) is 75.5 Å². The van der Waals surface area contributed by atoms with Crippen LogP contribution in [0, 0.1) is 23.7 Å². The summed E-state index contributed by atoms with van der Waals surface area (Å²) in [5.41, 5.74) is 0.917. The van der Waals surface area contributed by atoms with Crippen molar-refractivity contribution in [2.45, 2.75) is 76.6 Å². The molecule has 1 heterocycles. The van der Waals surface area contributed by atoms with Gasteiger partial charge >= 0.3 is 12.1 Å². The largest absolute Gasteiger partial charge is 0.481 e. The number of carboxylic acids is 1. The van der Waals surface area contributed by atoms with Gasteiger partial charge in [-0.3, -0.25) is 9.69 Å². The van der Waals surface area contributed by atoms with Crippen LogP contribution >= 0.6 is 0 Å². The van der Waals surface area contributed by atoms with Gasteiger partial charge in [-0.1, -0.05) is 49.8 Å². The lowest BCUT2D eigenvalue weighted by Gasteiger charge is -2.45. The van der Waals surface area contributed by atoms with Crippen molar-refractivity contribution in [2.75, 3.05) is 6.54 Å². The number of halogens is 3. The number of allylic oxidation sites excluding steroid dienone is 1. The normalized spacial score (nSPS) is 23.8. The fourth-order valence-electron chi connectivity index (χ4n) is 5.16. The Kier molecular flexibility index (Phi) is 8.05. The van der Waals surface area contributed by atoms with E-state index in [-0.39, 0.29) is 24.4 Å². The molecule has 174 valence electrons. The second kappa shape index (κ2) is 10.6. The summed E-state index contributed by atoms with van der Waals surface area (Å²) in [5.74, 6) is 6.16. The molecule has 0 bridgehead atoms. The van der Waals surface area contributed by atoms with Crippen molar-refractivity contribution >= 4 is 5.97 Å². The first kappa shape index (κ1) is 24.4. The maximum absolute atomic E-state index is 13.1. The number of likely N-dealkylation sites (tertiary alicyclic amines) is 1. The van der Waals surface area contributed by atoms with Crippen molar-refractivity contribution in [3.05, 3.63) is 47.5 Å². The van der Waals surface area contributed by atoms with Crippen molar-refractivity contribution in [1.82, 2.24) is 4.90 Å². The Bertz CT molecular complexity index is 860. The molecule has 1 aliphatic carbocycles. The summed E-state index contributed by atoms with van der Waals surface area (Å²) in [7, 11) is 0. The molecule has 32 heavy (non-hydrogen) atoms. The molecular formula is C26H32F3NO2. The van der Waals surface area contributed by atoms with Crippen molar-refractivity contribution < 1.29 is 23.1 Å². The van der Waals surface area contributed by atoms with Gasteiger partial charge in [-0.05, 0) is 67.7 Å². The molecular weight excluding hydrogens is 415 g/mol. The first-order chi connectivity index (χ1) is 15.1. The lowest BCUT2D eigenvalue weighted by atomic mass is 9.79. The van der Waals surface area contributed by atoms with Crippen LogP contribution < -0.4 is 0 Å². The van der Waals surface area contributed by atoms with Gasteiger partial charge in [0.2, 0.25) is 0 Å². The minimum absolute atomic E-state index is 0.00264. The Morgan fingerprint density at radius 2 is 1.84 bits per heavy atom. The number of aliphatic carboxylic acids is 1. The minimum atomic E-state index is -4.38. The van der Waals surface area contributed by atoms with E-state index < -0.39 is 17.7 Å². The van der Waals surface area contributed by atoms with Crippen molar-refractivity contribution in [3.8, 4) is 11.8 Å². The second-order valence-electron chi connectivity index (χ2n) is 9.25. The smallest absolute Gasteiger partial charge is 0.416 e. The summed E-state index contributed by atoms with van der Waals surface area (Å²) >= 11 is 0. The molecule has 1 N–H and O–H groups in total. The Morgan fingerprint density at radius 1 is 1.19 bits per heavy atom. The highest BCUT2D eigenvalue weighted by Crippen LogP contribution is 2.41. The van der Waals surface area contributed by atoms with Gasteiger partial charge in [-0.25, -0.2) is 0 Å². The number of alkyl halides is 3. The number of hydrogen-bond donors (Lipinski definition) is 1. The molecule has 1 saturated carbocycles. The molecule has 2 fully saturated rings. The minimum Gasteiger partial charge on any atom is -0.481 e. The van der Waals surface area contributed by atoms with E-state index >= 15 is 0 Å². The number of nitrogens with zero attached hydrogens (tertiary/aromatic N) is 1. The highest BCUT2D eigenvalue weighted by molar-refractivity contribution is 5.67. The summed E-state index contributed by atoms with van der Waals surface area (Å²) in [6.07, 6.45) is 2.78. The number of rotatable bonds is 5. The molecule has 6 heteroatoms. The lowest BCUT2D eigenvalue weighted by Crippen LogP contribution is -2.47. The second-order valence-corrected chi connectivity index (χ2v) is 9.25. The van der Waals surface area contributed by atoms with Crippen LogP contribution in [0.3, 0.4) is 0 Å². The topological polar surface area (TPSA) is 40.5 Å². The molecule has 3 atom stereocenters. The lowest BCUT2D eigenvalue weighted by molar-refractivity contribution is -0.139. The van der Waals surface area contributed by atoms with Gasteiger partial charge in [-0.2, -0.15) is 13.2 Å². The third-order valence-electron chi connectivity index (χ3n) is 6.73. The Morgan fingerprint density at radius 3 is 2.41 bits per heavy atom. The molecule has 0 aromatic heterocycles. The van der Waals surface area contributed by atoms with Gasteiger partial charge in [0.15, 0.2) is 0 Å². The van der Waals surface area contributed by atoms with Crippen LogP contribution in [-0.4, -0.2) is 28.6 Å². The molecule has 0 unspecified atom stereocenters. The molecule has 1 aromatic rings. The molecule has 0 spiro atoms. The first-order valence-corrected chi connectivity index (χ1v) is 11.5. The van der Waals surface area contributed by atoms with E-state index in [1.54, 1.807) is 12.1 Å². The van der Waals surface area contributed by atoms with Crippen molar-refractivity contribution in [2.24, 2.45) is 11.8 Å². The molecule has 1 aliphatic heterocycles. The maximum Gasteiger partial charge on any atom is 0.416 e. The highest BCUT2D eigenvalue weighted by Gasteiger charge is 2.38. The fourth-order valence-corrected chi connectivity index (χ4v) is 5.16. The summed E-state index contributed by atoms with van der Waals surface area (Å²) < 4.78 is 39.3. The van der Waals surface area contributed by atoms with Gasteiger partial charge in [0.05, 0.1) is 11.6 Å². The van der Waals surface area contributed by atoms with Crippen LogP contribution in [0.25, 0.3) is 0 Å². The number of carbonyl (C=O) groups is 1. The monoisotopic (exact) mass is 447 g/mol. The van der Waals surface area contributed by atoms with E-state index in [0.29, 0.717) is 18.9 Å². The van der Waals surface area contributed by atoms with E-state index in [4.69, 9.17) is 0 Å². The van der Waals surface area contributed by atoms with Gasteiger partial charge in [0.1, 0.15) is 0 Å². The molecule has 0 amide bonds. The van der Waals surface area contributed by atoms with Gasteiger partial charge < -0.3 is 5.11 Å². The predicted octanol–water partition coefficient (Wildman–Crippen LogP) is 6.46. The Hall–Kier alpha value is -2.26. The van der Waals surface area contributed by atoms with Gasteiger partial charge in [-0.15, -0.1) is 0 Å². The van der Waals surface area contributed by atoms with Crippen LogP contribution in [0.5, 0.6) is 0 Å². The zero-order chi connectivity index (χ0) is 23.3. The van der Waals surface area contributed by atoms with E-state index in [2.05, 4.69) is 23.3 Å². The highest BCUT2D eigenvalue weighted by atomic mass is 19.4. The third kappa shape index (κ3) is 6.38. The van der Waals surface area contributed by atoms with Gasteiger partial charge in [0, 0.05) is 19.0 Å². The third-order valence-corrected chi connectivity index (χ3v) is 6.73. The molecule has 3 nitrogen and oxygen atoms in total.